The molecule has 0 atom stereocenters. The normalized spacial score (nSPS) is 10.6. The molecule has 0 aliphatic carbocycles. The Morgan fingerprint density at radius 2 is 1.61 bits per heavy atom. The van der Waals surface area contributed by atoms with Crippen molar-refractivity contribution in [3.05, 3.63) is 106 Å². The molecule has 8 heteroatoms. The maximum Gasteiger partial charge on any atom is 0.343 e. The number of amides is 1. The van der Waals surface area contributed by atoms with Crippen molar-refractivity contribution in [1.82, 2.24) is 0 Å². The molecule has 0 saturated heterocycles. The molecule has 152 valence electrons. The molecule has 0 heterocycles. The smallest absolute Gasteiger partial charge is 0.343 e. The number of esters is 1. The third kappa shape index (κ3) is 5.62. The standard InChI is InChI=1S/C23H15N3O5/c24-15-18(22(27)25-19-8-10-20(11-9-19)26(29)30)14-16-6-12-21(13-7-16)31-23(28)17-4-2-1-3-5-17/h1-14H,(H,25,27). The summed E-state index contributed by atoms with van der Waals surface area (Å²) in [7, 11) is 0. The number of nitrogens with one attached hydrogen (secondary N) is 1. The lowest BCUT2D eigenvalue weighted by Crippen LogP contribution is -2.13. The second kappa shape index (κ2) is 9.62. The molecule has 0 bridgehead atoms. The van der Waals surface area contributed by atoms with Crippen molar-refractivity contribution in [2.45, 2.75) is 0 Å². The van der Waals surface area contributed by atoms with E-state index in [4.69, 9.17) is 4.74 Å². The van der Waals surface area contributed by atoms with Gasteiger partial charge in [0.25, 0.3) is 11.6 Å². The monoisotopic (exact) mass is 413 g/mol. The van der Waals surface area contributed by atoms with Gasteiger partial charge in [-0.05, 0) is 48.0 Å². The van der Waals surface area contributed by atoms with Crippen molar-refractivity contribution in [2.75, 3.05) is 5.32 Å². The topological polar surface area (TPSA) is 122 Å². The molecule has 0 aromatic heterocycles. The van der Waals surface area contributed by atoms with E-state index in [9.17, 15) is 25.0 Å². The zero-order valence-electron chi connectivity index (χ0n) is 16.0. The van der Waals surface area contributed by atoms with E-state index in [0.29, 0.717) is 22.6 Å². The maximum absolute atomic E-state index is 12.3. The lowest BCUT2D eigenvalue weighted by Gasteiger charge is -2.06. The van der Waals surface area contributed by atoms with Crippen molar-refractivity contribution in [2.24, 2.45) is 0 Å². The Bertz CT molecular complexity index is 1180. The number of ether oxygens (including phenoxy) is 1. The van der Waals surface area contributed by atoms with Crippen molar-refractivity contribution < 1.29 is 19.2 Å². The van der Waals surface area contributed by atoms with E-state index >= 15 is 0 Å². The molecular weight excluding hydrogens is 398 g/mol. The van der Waals surface area contributed by atoms with Crippen LogP contribution in [0.3, 0.4) is 0 Å². The summed E-state index contributed by atoms with van der Waals surface area (Å²) in [5.41, 5.74) is 1.02. The van der Waals surface area contributed by atoms with Crippen molar-refractivity contribution in [1.29, 1.82) is 5.26 Å². The summed E-state index contributed by atoms with van der Waals surface area (Å²) in [6.45, 7) is 0. The largest absolute Gasteiger partial charge is 0.423 e. The average molecular weight is 413 g/mol. The van der Waals surface area contributed by atoms with Gasteiger partial charge >= 0.3 is 5.97 Å². The molecule has 3 rings (SSSR count). The first-order chi connectivity index (χ1) is 15.0. The number of nitro benzene ring substituents is 1. The third-order valence-electron chi connectivity index (χ3n) is 4.11. The second-order valence-electron chi connectivity index (χ2n) is 6.25. The van der Waals surface area contributed by atoms with E-state index in [1.54, 1.807) is 54.6 Å². The van der Waals surface area contributed by atoms with E-state index in [2.05, 4.69) is 5.32 Å². The minimum atomic E-state index is -0.657. The molecular formula is C23H15N3O5. The summed E-state index contributed by atoms with van der Waals surface area (Å²) in [6.07, 6.45) is 1.38. The fraction of sp³-hybridized carbons (Fsp3) is 0. The number of benzene rings is 3. The van der Waals surface area contributed by atoms with Crippen molar-refractivity contribution in [3.8, 4) is 11.8 Å². The number of hydrogen-bond donors (Lipinski definition) is 1. The minimum Gasteiger partial charge on any atom is -0.423 e. The zero-order chi connectivity index (χ0) is 22.2. The Morgan fingerprint density at radius 3 is 2.19 bits per heavy atom. The van der Waals surface area contributed by atoms with Crippen LogP contribution in [-0.4, -0.2) is 16.8 Å². The molecule has 3 aromatic rings. The van der Waals surface area contributed by atoms with Gasteiger partial charge in [-0.1, -0.05) is 30.3 Å². The number of hydrogen-bond acceptors (Lipinski definition) is 6. The van der Waals surface area contributed by atoms with Gasteiger partial charge in [-0.15, -0.1) is 0 Å². The van der Waals surface area contributed by atoms with Crippen LogP contribution in [0.2, 0.25) is 0 Å². The number of carbonyl (C=O) groups is 2. The highest BCUT2D eigenvalue weighted by atomic mass is 16.6. The van der Waals surface area contributed by atoms with Crippen LogP contribution in [0.4, 0.5) is 11.4 Å². The molecule has 1 amide bonds. The van der Waals surface area contributed by atoms with Gasteiger partial charge < -0.3 is 10.1 Å². The Balaban J connectivity index is 1.67. The van der Waals surface area contributed by atoms with E-state index in [1.807, 2.05) is 6.07 Å². The zero-order valence-corrected chi connectivity index (χ0v) is 16.0. The van der Waals surface area contributed by atoms with Crippen LogP contribution in [0, 0.1) is 21.4 Å². The number of non-ortho nitro benzene ring substituents is 1. The molecule has 0 fully saturated rings. The number of anilines is 1. The van der Waals surface area contributed by atoms with Crippen LogP contribution >= 0.6 is 0 Å². The van der Waals surface area contributed by atoms with Gasteiger partial charge in [0, 0.05) is 17.8 Å². The first-order valence-corrected chi connectivity index (χ1v) is 9.01. The first kappa shape index (κ1) is 21.0. The molecule has 0 saturated carbocycles. The highest BCUT2D eigenvalue weighted by molar-refractivity contribution is 6.09. The predicted octanol–water partition coefficient (Wildman–Crippen LogP) is 4.36. The lowest BCUT2D eigenvalue weighted by atomic mass is 10.1. The summed E-state index contributed by atoms with van der Waals surface area (Å²) >= 11 is 0. The molecule has 3 aromatic carbocycles. The quantitative estimate of drug-likeness (QED) is 0.160. The summed E-state index contributed by atoms with van der Waals surface area (Å²) < 4.78 is 5.29. The van der Waals surface area contributed by atoms with Crippen LogP contribution in [0.5, 0.6) is 5.75 Å². The van der Waals surface area contributed by atoms with Gasteiger partial charge in [-0.2, -0.15) is 5.26 Å². The molecule has 8 nitrogen and oxygen atoms in total. The Labute approximate surface area is 177 Å². The van der Waals surface area contributed by atoms with Crippen LogP contribution in [0.1, 0.15) is 15.9 Å². The van der Waals surface area contributed by atoms with E-state index in [1.165, 1.54) is 30.3 Å². The molecule has 31 heavy (non-hydrogen) atoms. The summed E-state index contributed by atoms with van der Waals surface area (Å²) in [6, 6.07) is 21.9. The van der Waals surface area contributed by atoms with E-state index in [-0.39, 0.29) is 11.3 Å². The second-order valence-corrected chi connectivity index (χ2v) is 6.25. The fourth-order valence-corrected chi connectivity index (χ4v) is 2.55. The summed E-state index contributed by atoms with van der Waals surface area (Å²) in [4.78, 5) is 34.5. The highest BCUT2D eigenvalue weighted by Crippen LogP contribution is 2.18. The van der Waals surface area contributed by atoms with Gasteiger partial charge in [0.2, 0.25) is 0 Å². The van der Waals surface area contributed by atoms with Crippen LogP contribution in [0.15, 0.2) is 84.4 Å². The lowest BCUT2D eigenvalue weighted by molar-refractivity contribution is -0.384. The molecule has 0 radical (unpaired) electrons. The van der Waals surface area contributed by atoms with E-state index < -0.39 is 16.8 Å². The maximum atomic E-state index is 12.3. The minimum absolute atomic E-state index is 0.109. The molecule has 0 aliphatic rings. The molecule has 0 unspecified atom stereocenters. The summed E-state index contributed by atoms with van der Waals surface area (Å²) in [5.74, 6) is -0.833. The number of rotatable bonds is 6. The van der Waals surface area contributed by atoms with Gasteiger partial charge in [0.15, 0.2) is 0 Å². The predicted molar refractivity (Wildman–Crippen MR) is 113 cm³/mol. The van der Waals surface area contributed by atoms with Gasteiger partial charge in [-0.3, -0.25) is 14.9 Å². The Hall–Kier alpha value is -4.77. The molecule has 0 spiro atoms. The number of carbonyl (C=O) groups excluding carboxylic acids is 2. The van der Waals surface area contributed by atoms with Crippen LogP contribution in [0.25, 0.3) is 6.08 Å². The third-order valence-corrected chi connectivity index (χ3v) is 4.11. The van der Waals surface area contributed by atoms with Gasteiger partial charge in [0.1, 0.15) is 17.4 Å². The Kier molecular flexibility index (Phi) is 6.50. The van der Waals surface area contributed by atoms with Crippen molar-refractivity contribution >= 4 is 29.3 Å². The van der Waals surface area contributed by atoms with Gasteiger partial charge in [0.05, 0.1) is 10.5 Å². The SMILES string of the molecule is N#CC(=Cc1ccc(OC(=O)c2ccccc2)cc1)C(=O)Nc1ccc([N+](=O)[O-])cc1. The molecule has 1 N–H and O–H groups in total. The number of nitrogens with zero attached hydrogens (tertiary/aromatic N) is 2. The number of nitriles is 1. The Morgan fingerprint density at radius 1 is 0.968 bits per heavy atom. The van der Waals surface area contributed by atoms with E-state index in [0.717, 1.165) is 0 Å². The fourth-order valence-electron chi connectivity index (χ4n) is 2.55. The van der Waals surface area contributed by atoms with Crippen molar-refractivity contribution in [3.63, 3.8) is 0 Å². The van der Waals surface area contributed by atoms with Crippen LogP contribution < -0.4 is 10.1 Å². The van der Waals surface area contributed by atoms with Gasteiger partial charge in [-0.25, -0.2) is 4.79 Å². The average Bonchev–Trinajstić information content (AvgIpc) is 2.79. The first-order valence-electron chi connectivity index (χ1n) is 9.01. The van der Waals surface area contributed by atoms with Crippen LogP contribution in [-0.2, 0) is 4.79 Å². The molecule has 0 aliphatic heterocycles. The summed E-state index contributed by atoms with van der Waals surface area (Å²) in [5, 5.41) is 22.5. The highest BCUT2D eigenvalue weighted by Gasteiger charge is 2.12. The number of nitro groups is 1.